The largest absolute Gasteiger partial charge is 0.389 e. The van der Waals surface area contributed by atoms with Crippen LogP contribution in [0, 0.1) is 5.41 Å². The Hall–Kier alpha value is -0.340. The van der Waals surface area contributed by atoms with Crippen molar-refractivity contribution in [2.24, 2.45) is 5.41 Å². The van der Waals surface area contributed by atoms with E-state index >= 15 is 0 Å². The van der Waals surface area contributed by atoms with Crippen LogP contribution in [0.2, 0.25) is 0 Å². The van der Waals surface area contributed by atoms with Gasteiger partial charge >= 0.3 is 0 Å². The van der Waals surface area contributed by atoms with Gasteiger partial charge in [0.15, 0.2) is 0 Å². The molecule has 2 nitrogen and oxygen atoms in total. The normalized spacial score (nSPS) is 25.1. The Labute approximate surface area is 93.3 Å². The fourth-order valence-electron chi connectivity index (χ4n) is 2.41. The SMILES string of the molecule is COCCCCC1=CC(O)CC(C)(C)C1. The van der Waals surface area contributed by atoms with Gasteiger partial charge in [-0.25, -0.2) is 0 Å². The number of hydrogen-bond acceptors (Lipinski definition) is 2. The second-order valence-electron chi connectivity index (χ2n) is 5.39. The lowest BCUT2D eigenvalue weighted by Crippen LogP contribution is -2.24. The van der Waals surface area contributed by atoms with Crippen molar-refractivity contribution in [2.45, 2.75) is 52.1 Å². The molecule has 88 valence electrons. The van der Waals surface area contributed by atoms with Crippen LogP contribution in [0.1, 0.15) is 46.0 Å². The predicted octanol–water partition coefficient (Wildman–Crippen LogP) is 2.91. The molecule has 15 heavy (non-hydrogen) atoms. The molecule has 1 unspecified atom stereocenters. The van der Waals surface area contributed by atoms with Gasteiger partial charge < -0.3 is 9.84 Å². The molecule has 0 spiro atoms. The first-order valence-corrected chi connectivity index (χ1v) is 5.90. The molecule has 0 aromatic heterocycles. The number of methoxy groups -OCH3 is 1. The third-order valence-corrected chi connectivity index (χ3v) is 2.99. The first-order chi connectivity index (χ1) is 7.03. The molecule has 2 heteroatoms. The Morgan fingerprint density at radius 2 is 2.20 bits per heavy atom. The van der Waals surface area contributed by atoms with Crippen LogP contribution in [0.4, 0.5) is 0 Å². The van der Waals surface area contributed by atoms with Crippen molar-refractivity contribution in [2.75, 3.05) is 13.7 Å². The number of rotatable bonds is 5. The molecule has 0 fully saturated rings. The van der Waals surface area contributed by atoms with Gasteiger partial charge in [0.25, 0.3) is 0 Å². The molecule has 0 aliphatic heterocycles. The van der Waals surface area contributed by atoms with E-state index in [4.69, 9.17) is 4.74 Å². The zero-order valence-corrected chi connectivity index (χ0v) is 10.3. The van der Waals surface area contributed by atoms with Gasteiger partial charge in [-0.05, 0) is 37.5 Å². The summed E-state index contributed by atoms with van der Waals surface area (Å²) in [5.74, 6) is 0. The van der Waals surface area contributed by atoms with E-state index in [-0.39, 0.29) is 11.5 Å². The van der Waals surface area contributed by atoms with Gasteiger partial charge in [-0.1, -0.05) is 25.5 Å². The Morgan fingerprint density at radius 1 is 1.47 bits per heavy atom. The van der Waals surface area contributed by atoms with Crippen molar-refractivity contribution >= 4 is 0 Å². The van der Waals surface area contributed by atoms with Crippen LogP contribution in [-0.2, 0) is 4.74 Å². The van der Waals surface area contributed by atoms with Gasteiger partial charge in [0.2, 0.25) is 0 Å². The minimum atomic E-state index is -0.230. The Kier molecular flexibility index (Phi) is 4.81. The molecule has 0 heterocycles. The summed E-state index contributed by atoms with van der Waals surface area (Å²) in [5, 5.41) is 9.72. The van der Waals surface area contributed by atoms with E-state index < -0.39 is 0 Å². The van der Waals surface area contributed by atoms with E-state index in [0.717, 1.165) is 32.3 Å². The van der Waals surface area contributed by atoms with Gasteiger partial charge in [0.05, 0.1) is 6.10 Å². The van der Waals surface area contributed by atoms with Crippen molar-refractivity contribution in [3.63, 3.8) is 0 Å². The molecule has 1 N–H and O–H groups in total. The summed E-state index contributed by atoms with van der Waals surface area (Å²) in [6.45, 7) is 5.32. The Bertz CT molecular complexity index is 219. The molecule has 1 atom stereocenters. The average molecular weight is 212 g/mol. The molecule has 1 aliphatic carbocycles. The first kappa shape index (κ1) is 12.7. The van der Waals surface area contributed by atoms with Gasteiger partial charge in [-0.3, -0.25) is 0 Å². The van der Waals surface area contributed by atoms with E-state index in [1.54, 1.807) is 7.11 Å². The molecule has 0 aromatic carbocycles. The highest BCUT2D eigenvalue weighted by molar-refractivity contribution is 5.12. The van der Waals surface area contributed by atoms with Crippen LogP contribution in [-0.4, -0.2) is 24.9 Å². The standard InChI is InChI=1S/C13H24O2/c1-13(2)9-11(8-12(14)10-13)6-4-5-7-15-3/h8,12,14H,4-7,9-10H2,1-3H3. The van der Waals surface area contributed by atoms with Crippen LogP contribution in [0.5, 0.6) is 0 Å². The fourth-order valence-corrected chi connectivity index (χ4v) is 2.41. The molecule has 0 amide bonds. The molecule has 0 bridgehead atoms. The zero-order valence-electron chi connectivity index (χ0n) is 10.3. The van der Waals surface area contributed by atoms with Crippen molar-refractivity contribution in [1.82, 2.24) is 0 Å². The van der Waals surface area contributed by atoms with Crippen LogP contribution in [0.15, 0.2) is 11.6 Å². The minimum absolute atomic E-state index is 0.230. The summed E-state index contributed by atoms with van der Waals surface area (Å²) >= 11 is 0. The van der Waals surface area contributed by atoms with E-state index in [9.17, 15) is 5.11 Å². The molecule has 1 rings (SSSR count). The highest BCUT2D eigenvalue weighted by atomic mass is 16.5. The highest BCUT2D eigenvalue weighted by Gasteiger charge is 2.26. The number of hydrogen-bond donors (Lipinski definition) is 1. The Balaban J connectivity index is 2.34. The van der Waals surface area contributed by atoms with Crippen LogP contribution in [0.3, 0.4) is 0 Å². The molecular formula is C13H24O2. The molecule has 0 aromatic rings. The predicted molar refractivity (Wildman–Crippen MR) is 62.8 cm³/mol. The summed E-state index contributed by atoms with van der Waals surface area (Å²) in [4.78, 5) is 0. The highest BCUT2D eigenvalue weighted by Crippen LogP contribution is 2.36. The summed E-state index contributed by atoms with van der Waals surface area (Å²) < 4.78 is 5.02. The number of aliphatic hydroxyl groups excluding tert-OH is 1. The summed E-state index contributed by atoms with van der Waals surface area (Å²) in [7, 11) is 1.74. The van der Waals surface area contributed by atoms with E-state index in [1.165, 1.54) is 12.0 Å². The second kappa shape index (κ2) is 5.66. The number of unbranched alkanes of at least 4 members (excludes halogenated alkanes) is 1. The summed E-state index contributed by atoms with van der Waals surface area (Å²) in [5.41, 5.74) is 1.69. The van der Waals surface area contributed by atoms with E-state index in [2.05, 4.69) is 19.9 Å². The van der Waals surface area contributed by atoms with Gasteiger partial charge in [0.1, 0.15) is 0 Å². The lowest BCUT2D eigenvalue weighted by Gasteiger charge is -2.32. The zero-order chi connectivity index (χ0) is 11.3. The van der Waals surface area contributed by atoms with E-state index in [1.807, 2.05) is 0 Å². The van der Waals surface area contributed by atoms with Crippen molar-refractivity contribution < 1.29 is 9.84 Å². The van der Waals surface area contributed by atoms with Gasteiger partial charge in [0, 0.05) is 13.7 Å². The number of ether oxygens (including phenoxy) is 1. The van der Waals surface area contributed by atoms with Crippen LogP contribution < -0.4 is 0 Å². The molecule has 0 saturated carbocycles. The topological polar surface area (TPSA) is 29.5 Å². The quantitative estimate of drug-likeness (QED) is 0.561. The van der Waals surface area contributed by atoms with Crippen molar-refractivity contribution in [1.29, 1.82) is 0 Å². The molecule has 0 saturated heterocycles. The van der Waals surface area contributed by atoms with Gasteiger partial charge in [-0.15, -0.1) is 0 Å². The third-order valence-electron chi connectivity index (χ3n) is 2.99. The lowest BCUT2D eigenvalue weighted by molar-refractivity contribution is 0.137. The monoisotopic (exact) mass is 212 g/mol. The summed E-state index contributed by atoms with van der Waals surface area (Å²) in [6.07, 6.45) is 7.26. The average Bonchev–Trinajstić information content (AvgIpc) is 2.09. The summed E-state index contributed by atoms with van der Waals surface area (Å²) in [6, 6.07) is 0. The number of aliphatic hydroxyl groups is 1. The van der Waals surface area contributed by atoms with Crippen LogP contribution >= 0.6 is 0 Å². The second-order valence-corrected chi connectivity index (χ2v) is 5.39. The molecular weight excluding hydrogens is 188 g/mol. The lowest BCUT2D eigenvalue weighted by atomic mass is 9.75. The van der Waals surface area contributed by atoms with Crippen LogP contribution in [0.25, 0.3) is 0 Å². The first-order valence-electron chi connectivity index (χ1n) is 5.90. The third kappa shape index (κ3) is 4.80. The maximum absolute atomic E-state index is 9.72. The van der Waals surface area contributed by atoms with Crippen molar-refractivity contribution in [3.05, 3.63) is 11.6 Å². The molecule has 1 aliphatic rings. The van der Waals surface area contributed by atoms with Gasteiger partial charge in [-0.2, -0.15) is 0 Å². The maximum Gasteiger partial charge on any atom is 0.0728 e. The number of allylic oxidation sites excluding steroid dienone is 1. The Morgan fingerprint density at radius 3 is 2.80 bits per heavy atom. The maximum atomic E-state index is 9.72. The molecule has 0 radical (unpaired) electrons. The van der Waals surface area contributed by atoms with Crippen molar-refractivity contribution in [3.8, 4) is 0 Å². The smallest absolute Gasteiger partial charge is 0.0728 e. The fraction of sp³-hybridized carbons (Fsp3) is 0.846. The minimum Gasteiger partial charge on any atom is -0.389 e. The van der Waals surface area contributed by atoms with E-state index in [0.29, 0.717) is 0 Å².